The van der Waals surface area contributed by atoms with Gasteiger partial charge in [0, 0.05) is 35.7 Å². The van der Waals surface area contributed by atoms with Crippen LogP contribution in [0.15, 0.2) is 30.6 Å². The zero-order valence-corrected chi connectivity index (χ0v) is 18.7. The lowest BCUT2D eigenvalue weighted by atomic mass is 9.48. The van der Waals surface area contributed by atoms with Gasteiger partial charge in [0.15, 0.2) is 5.82 Å². The molecule has 4 aliphatic rings. The summed E-state index contributed by atoms with van der Waals surface area (Å²) in [7, 11) is 1.60. The molecule has 6 rings (SSSR count). The molecule has 0 unspecified atom stereocenters. The first-order valence-corrected chi connectivity index (χ1v) is 11.6. The van der Waals surface area contributed by atoms with Crippen LogP contribution >= 0.6 is 0 Å². The highest BCUT2D eigenvalue weighted by Crippen LogP contribution is 2.62. The second kappa shape index (κ2) is 8.23. The second-order valence-electron chi connectivity index (χ2n) is 9.69. The number of ether oxygens (including phenoxy) is 2. The van der Waals surface area contributed by atoms with Crippen molar-refractivity contribution in [2.24, 2.45) is 17.8 Å². The molecule has 6 heteroatoms. The second-order valence-corrected chi connectivity index (χ2v) is 9.69. The van der Waals surface area contributed by atoms with E-state index in [0.717, 1.165) is 48.1 Å². The number of aromatic nitrogens is 2. The maximum Gasteiger partial charge on any atom is 0.330 e. The Balaban J connectivity index is 1.48. The third kappa shape index (κ3) is 3.76. The van der Waals surface area contributed by atoms with Gasteiger partial charge in [-0.3, -0.25) is 0 Å². The molecule has 1 aromatic carbocycles. The molecule has 0 amide bonds. The Labute approximate surface area is 188 Å². The maximum atomic E-state index is 11.5. The van der Waals surface area contributed by atoms with E-state index in [1.54, 1.807) is 38.6 Å². The number of phenols is 1. The molecule has 6 nitrogen and oxygen atoms in total. The Bertz CT molecular complexity index is 1010. The fourth-order valence-electron chi connectivity index (χ4n) is 6.70. The summed E-state index contributed by atoms with van der Waals surface area (Å²) in [4.78, 5) is 20.6. The molecule has 1 aromatic heterocycles. The van der Waals surface area contributed by atoms with Gasteiger partial charge >= 0.3 is 5.97 Å². The minimum absolute atomic E-state index is 0.0577. The van der Waals surface area contributed by atoms with Crippen LogP contribution in [0.2, 0.25) is 0 Å². The smallest absolute Gasteiger partial charge is 0.330 e. The molecule has 1 heterocycles. The molecule has 4 aliphatic carbocycles. The summed E-state index contributed by atoms with van der Waals surface area (Å²) in [5.74, 6) is 3.39. The summed E-state index contributed by atoms with van der Waals surface area (Å²) in [6.45, 7) is 2.11. The number of hydrogen-bond acceptors (Lipinski definition) is 6. The largest absolute Gasteiger partial charge is 0.508 e. The van der Waals surface area contributed by atoms with Crippen molar-refractivity contribution in [3.63, 3.8) is 0 Å². The Hall–Kier alpha value is -2.89. The Kier molecular flexibility index (Phi) is 5.39. The van der Waals surface area contributed by atoms with Gasteiger partial charge in [0.25, 0.3) is 0 Å². The summed E-state index contributed by atoms with van der Waals surface area (Å²) in [6, 6.07) is 3.78. The highest BCUT2D eigenvalue weighted by molar-refractivity contribution is 5.86. The molecule has 2 aromatic rings. The van der Waals surface area contributed by atoms with E-state index in [4.69, 9.17) is 9.47 Å². The fraction of sp³-hybridized carbons (Fsp3) is 0.500. The number of esters is 1. The highest BCUT2D eigenvalue weighted by atomic mass is 16.5. The molecule has 0 saturated heterocycles. The van der Waals surface area contributed by atoms with Crippen LogP contribution in [-0.4, -0.2) is 34.8 Å². The van der Waals surface area contributed by atoms with E-state index in [0.29, 0.717) is 29.5 Å². The van der Waals surface area contributed by atoms with E-state index in [1.165, 1.54) is 25.3 Å². The van der Waals surface area contributed by atoms with E-state index < -0.39 is 5.97 Å². The minimum atomic E-state index is -0.392. The number of nitrogens with zero attached hydrogens (tertiary/aromatic N) is 2. The van der Waals surface area contributed by atoms with Gasteiger partial charge in [-0.2, -0.15) is 0 Å². The van der Waals surface area contributed by atoms with E-state index in [9.17, 15) is 9.90 Å². The van der Waals surface area contributed by atoms with Crippen molar-refractivity contribution < 1.29 is 19.4 Å². The van der Waals surface area contributed by atoms with E-state index in [1.807, 2.05) is 0 Å². The van der Waals surface area contributed by atoms with Crippen LogP contribution in [0, 0.1) is 17.8 Å². The molecular formula is C26H30N2O4. The first kappa shape index (κ1) is 21.0. The number of hydrogen-bond donors (Lipinski definition) is 1. The van der Waals surface area contributed by atoms with Crippen molar-refractivity contribution in [3.05, 3.63) is 41.7 Å². The van der Waals surface area contributed by atoms with Crippen molar-refractivity contribution in [1.29, 1.82) is 0 Å². The molecule has 4 bridgehead atoms. The van der Waals surface area contributed by atoms with Crippen molar-refractivity contribution >= 4 is 12.0 Å². The summed E-state index contributed by atoms with van der Waals surface area (Å²) in [5, 5.41) is 11.0. The van der Waals surface area contributed by atoms with E-state index in [-0.39, 0.29) is 5.41 Å². The van der Waals surface area contributed by atoms with Crippen LogP contribution in [0.3, 0.4) is 0 Å². The average molecular weight is 435 g/mol. The summed E-state index contributed by atoms with van der Waals surface area (Å²) >= 11 is 0. The monoisotopic (exact) mass is 434 g/mol. The third-order valence-corrected chi connectivity index (χ3v) is 7.54. The fourth-order valence-corrected chi connectivity index (χ4v) is 6.70. The predicted octanol–water partition coefficient (Wildman–Crippen LogP) is 4.90. The molecule has 1 N–H and O–H groups in total. The van der Waals surface area contributed by atoms with Crippen LogP contribution in [-0.2, 0) is 14.9 Å². The lowest BCUT2D eigenvalue weighted by Gasteiger charge is -2.57. The molecule has 4 fully saturated rings. The van der Waals surface area contributed by atoms with Crippen LogP contribution in [0.1, 0.15) is 56.6 Å². The number of methoxy groups -OCH3 is 1. The zero-order valence-electron chi connectivity index (χ0n) is 18.7. The minimum Gasteiger partial charge on any atom is -0.508 e. The van der Waals surface area contributed by atoms with Gasteiger partial charge in [-0.15, -0.1) is 0 Å². The molecule has 0 radical (unpaired) electrons. The normalized spacial score (nSPS) is 28.2. The average Bonchev–Trinajstić information content (AvgIpc) is 2.77. The number of carbonyl (C=O) groups excluding carboxylic acids is 1. The summed E-state index contributed by atoms with van der Waals surface area (Å²) in [5.41, 5.74) is 2.59. The van der Waals surface area contributed by atoms with Gasteiger partial charge in [-0.25, -0.2) is 14.8 Å². The molecule has 0 spiro atoms. The SMILES string of the molecule is CCOC(=O)/C=C/c1cnc(-c2cc(C34CC5CC(CC(C5)C3)C4)c(O)cc2OC)nc1. The van der Waals surface area contributed by atoms with Crippen LogP contribution < -0.4 is 4.74 Å². The quantitative estimate of drug-likeness (QED) is 0.514. The number of phenolic OH excluding ortho intramolecular Hbond substituents is 1. The lowest BCUT2D eigenvalue weighted by molar-refractivity contribution is -0.137. The summed E-state index contributed by atoms with van der Waals surface area (Å²) in [6.07, 6.45) is 13.9. The van der Waals surface area contributed by atoms with Crippen molar-refractivity contribution in [2.75, 3.05) is 13.7 Å². The Morgan fingerprint density at radius 3 is 2.31 bits per heavy atom. The molecule has 4 saturated carbocycles. The number of carbonyl (C=O) groups is 1. The number of aromatic hydroxyl groups is 1. The molecule has 0 aliphatic heterocycles. The highest BCUT2D eigenvalue weighted by Gasteiger charge is 2.52. The van der Waals surface area contributed by atoms with Crippen molar-refractivity contribution in [2.45, 2.75) is 50.9 Å². The van der Waals surface area contributed by atoms with Crippen molar-refractivity contribution in [1.82, 2.24) is 9.97 Å². The molecular weight excluding hydrogens is 404 g/mol. The standard InChI is InChI=1S/C26H30N2O4/c1-3-32-24(30)5-4-16-14-27-25(28-15-16)20-9-21(22(29)10-23(20)31-2)26-11-17-6-18(12-26)8-19(7-17)13-26/h4-5,9-10,14-15,17-19,29H,3,6-8,11-13H2,1-2H3/b5-4+. The predicted molar refractivity (Wildman–Crippen MR) is 121 cm³/mol. The van der Waals surface area contributed by atoms with Crippen LogP contribution in [0.5, 0.6) is 11.5 Å². The van der Waals surface area contributed by atoms with E-state index in [2.05, 4.69) is 16.0 Å². The van der Waals surface area contributed by atoms with Gasteiger partial charge in [0.05, 0.1) is 19.3 Å². The topological polar surface area (TPSA) is 81.5 Å². The third-order valence-electron chi connectivity index (χ3n) is 7.54. The summed E-state index contributed by atoms with van der Waals surface area (Å²) < 4.78 is 10.5. The molecule has 32 heavy (non-hydrogen) atoms. The number of rotatable bonds is 6. The number of benzene rings is 1. The first-order valence-electron chi connectivity index (χ1n) is 11.6. The zero-order chi connectivity index (χ0) is 22.3. The Morgan fingerprint density at radius 1 is 1.12 bits per heavy atom. The molecule has 0 atom stereocenters. The van der Waals surface area contributed by atoms with Crippen LogP contribution in [0.4, 0.5) is 0 Å². The molecule has 168 valence electrons. The first-order chi connectivity index (χ1) is 15.5. The van der Waals surface area contributed by atoms with Gasteiger partial charge in [-0.1, -0.05) is 0 Å². The van der Waals surface area contributed by atoms with Crippen molar-refractivity contribution in [3.8, 4) is 22.9 Å². The van der Waals surface area contributed by atoms with Gasteiger partial charge in [-0.05, 0) is 80.8 Å². The Morgan fingerprint density at radius 2 is 1.75 bits per heavy atom. The maximum absolute atomic E-state index is 11.5. The van der Waals surface area contributed by atoms with Gasteiger partial charge in [0.2, 0.25) is 0 Å². The lowest BCUT2D eigenvalue weighted by Crippen LogP contribution is -2.48. The van der Waals surface area contributed by atoms with Gasteiger partial charge in [0.1, 0.15) is 11.5 Å². The van der Waals surface area contributed by atoms with Crippen LogP contribution in [0.25, 0.3) is 17.5 Å². The van der Waals surface area contributed by atoms with Gasteiger partial charge < -0.3 is 14.6 Å². The van der Waals surface area contributed by atoms with E-state index >= 15 is 0 Å².